The first-order valence-corrected chi connectivity index (χ1v) is 13.5. The summed E-state index contributed by atoms with van der Waals surface area (Å²) in [5.74, 6) is 2.22. The maximum absolute atomic E-state index is 13.8. The highest BCUT2D eigenvalue weighted by Gasteiger charge is 2.62. The first-order valence-electron chi connectivity index (χ1n) is 12.5. The van der Waals surface area contributed by atoms with Gasteiger partial charge in [-0.2, -0.15) is 5.01 Å². The Labute approximate surface area is 191 Å². The van der Waals surface area contributed by atoms with E-state index in [1.54, 1.807) is 16.8 Å². The summed E-state index contributed by atoms with van der Waals surface area (Å²) in [6.45, 7) is 7.43. The van der Waals surface area contributed by atoms with Crippen molar-refractivity contribution in [1.82, 2.24) is 10.0 Å². The Hall–Kier alpha value is -1.30. The Morgan fingerprint density at radius 3 is 2.52 bits per heavy atom. The molecule has 4 aliphatic carbocycles. The van der Waals surface area contributed by atoms with Gasteiger partial charge in [0.25, 0.3) is 11.8 Å². The molecule has 2 heterocycles. The van der Waals surface area contributed by atoms with Crippen LogP contribution in [0, 0.1) is 35.5 Å². The second kappa shape index (κ2) is 8.57. The molecule has 4 fully saturated rings. The number of carbonyl (C=O) groups is 2. The molecule has 6 aliphatic rings. The van der Waals surface area contributed by atoms with E-state index in [0.29, 0.717) is 17.9 Å². The number of nitrogens with zero attached hydrogens (tertiary/aromatic N) is 3. The summed E-state index contributed by atoms with van der Waals surface area (Å²) in [6, 6.07) is 0.345. The highest BCUT2D eigenvalue weighted by molar-refractivity contribution is 8.13. The number of allylic oxidation sites excluding steroid dienone is 2. The molecule has 0 aromatic carbocycles. The van der Waals surface area contributed by atoms with Crippen LogP contribution in [-0.4, -0.2) is 45.3 Å². The second-order valence-corrected chi connectivity index (χ2v) is 11.7. The Morgan fingerprint density at radius 1 is 1.03 bits per heavy atom. The van der Waals surface area contributed by atoms with Crippen LogP contribution in [0.4, 0.5) is 0 Å². The molecule has 0 radical (unpaired) electrons. The molecule has 6 heteroatoms. The molecule has 2 aliphatic heterocycles. The van der Waals surface area contributed by atoms with E-state index >= 15 is 0 Å². The zero-order chi connectivity index (χ0) is 21.7. The molecule has 5 atom stereocenters. The molecule has 5 nitrogen and oxygen atoms in total. The van der Waals surface area contributed by atoms with Crippen LogP contribution < -0.4 is 0 Å². The van der Waals surface area contributed by atoms with E-state index in [1.807, 2.05) is 5.01 Å². The molecule has 0 aromatic heterocycles. The van der Waals surface area contributed by atoms with E-state index in [2.05, 4.69) is 26.8 Å². The van der Waals surface area contributed by atoms with Gasteiger partial charge in [0.05, 0.1) is 17.9 Å². The van der Waals surface area contributed by atoms with Gasteiger partial charge in [0.15, 0.2) is 5.17 Å². The molecular weight excluding hydrogens is 406 g/mol. The average molecular weight is 444 g/mol. The van der Waals surface area contributed by atoms with Crippen LogP contribution in [0.1, 0.15) is 72.1 Å². The number of amidine groups is 1. The minimum Gasteiger partial charge on any atom is -0.272 e. The van der Waals surface area contributed by atoms with E-state index in [4.69, 9.17) is 4.99 Å². The maximum atomic E-state index is 13.8. The molecule has 0 spiro atoms. The molecule has 0 unspecified atom stereocenters. The van der Waals surface area contributed by atoms with Crippen molar-refractivity contribution in [3.8, 4) is 0 Å². The van der Waals surface area contributed by atoms with Gasteiger partial charge in [0.1, 0.15) is 0 Å². The highest BCUT2D eigenvalue weighted by Crippen LogP contribution is 2.56. The quantitative estimate of drug-likeness (QED) is 0.460. The van der Waals surface area contributed by atoms with Crippen molar-refractivity contribution >= 4 is 28.7 Å². The third-order valence-corrected chi connectivity index (χ3v) is 9.53. The summed E-state index contributed by atoms with van der Waals surface area (Å²) in [4.78, 5) is 32.7. The van der Waals surface area contributed by atoms with Crippen molar-refractivity contribution in [1.29, 1.82) is 0 Å². The Kier molecular flexibility index (Phi) is 5.95. The van der Waals surface area contributed by atoms with Crippen LogP contribution in [0.5, 0.6) is 0 Å². The summed E-state index contributed by atoms with van der Waals surface area (Å²) in [5.41, 5.74) is 1.33. The largest absolute Gasteiger partial charge is 0.272 e. The second-order valence-electron chi connectivity index (χ2n) is 10.7. The number of hydrazine groups is 1. The maximum Gasteiger partial charge on any atom is 0.252 e. The van der Waals surface area contributed by atoms with Gasteiger partial charge in [-0.05, 0) is 62.7 Å². The van der Waals surface area contributed by atoms with E-state index in [-0.39, 0.29) is 35.5 Å². The van der Waals surface area contributed by atoms with Crippen molar-refractivity contribution in [3.05, 3.63) is 11.6 Å². The lowest BCUT2D eigenvalue weighted by atomic mass is 9.54. The number of hydrogen-bond acceptors (Lipinski definition) is 4. The minimum atomic E-state index is -0.175. The number of hydrogen-bond donors (Lipinski definition) is 0. The Balaban J connectivity index is 1.46. The van der Waals surface area contributed by atoms with Gasteiger partial charge in [0, 0.05) is 12.3 Å². The molecule has 2 bridgehead atoms. The molecular formula is C25H37N3O2S. The normalized spacial score (nSPS) is 38.1. The van der Waals surface area contributed by atoms with Crippen LogP contribution in [-0.2, 0) is 9.59 Å². The minimum absolute atomic E-state index is 0.0398. The van der Waals surface area contributed by atoms with Gasteiger partial charge < -0.3 is 0 Å². The van der Waals surface area contributed by atoms with Crippen LogP contribution in [0.2, 0.25) is 0 Å². The number of carbonyl (C=O) groups excluding carboxylic acids is 2. The predicted octanol–water partition coefficient (Wildman–Crippen LogP) is 4.89. The molecule has 0 N–H and O–H groups in total. The Morgan fingerprint density at radius 2 is 1.77 bits per heavy atom. The number of aliphatic imine (C=N–C) groups is 1. The van der Waals surface area contributed by atoms with Gasteiger partial charge in [0.2, 0.25) is 0 Å². The summed E-state index contributed by atoms with van der Waals surface area (Å²) in [5, 5.41) is 4.47. The molecule has 2 saturated carbocycles. The summed E-state index contributed by atoms with van der Waals surface area (Å²) < 4.78 is 0. The Bertz CT molecular complexity index is 801. The van der Waals surface area contributed by atoms with E-state index in [9.17, 15) is 9.59 Å². The first-order chi connectivity index (χ1) is 15.0. The summed E-state index contributed by atoms with van der Waals surface area (Å²) >= 11 is 1.75. The van der Waals surface area contributed by atoms with Crippen LogP contribution in [0.25, 0.3) is 0 Å². The first kappa shape index (κ1) is 21.5. The van der Waals surface area contributed by atoms with E-state index in [0.717, 1.165) is 49.6 Å². The van der Waals surface area contributed by atoms with Crippen molar-refractivity contribution in [2.24, 2.45) is 40.5 Å². The van der Waals surface area contributed by atoms with Gasteiger partial charge in [-0.1, -0.05) is 56.5 Å². The third-order valence-electron chi connectivity index (χ3n) is 8.47. The van der Waals surface area contributed by atoms with Crippen molar-refractivity contribution < 1.29 is 9.59 Å². The zero-order valence-corrected chi connectivity index (χ0v) is 20.1. The molecule has 0 aromatic rings. The topological polar surface area (TPSA) is 53.0 Å². The molecule has 31 heavy (non-hydrogen) atoms. The van der Waals surface area contributed by atoms with Crippen molar-refractivity contribution in [3.63, 3.8) is 0 Å². The molecule has 170 valence electrons. The van der Waals surface area contributed by atoms with Crippen molar-refractivity contribution in [2.45, 2.75) is 78.2 Å². The fraction of sp³-hybridized carbons (Fsp3) is 0.800. The van der Waals surface area contributed by atoms with Crippen LogP contribution in [0.15, 0.2) is 16.6 Å². The fourth-order valence-corrected chi connectivity index (χ4v) is 7.90. The van der Waals surface area contributed by atoms with E-state index < -0.39 is 0 Å². The van der Waals surface area contributed by atoms with Gasteiger partial charge in [-0.25, -0.2) is 0 Å². The third kappa shape index (κ3) is 3.67. The molecule has 2 amide bonds. The van der Waals surface area contributed by atoms with Crippen molar-refractivity contribution in [2.75, 3.05) is 12.3 Å². The lowest BCUT2D eigenvalue weighted by Crippen LogP contribution is -2.50. The van der Waals surface area contributed by atoms with Gasteiger partial charge >= 0.3 is 0 Å². The zero-order valence-electron chi connectivity index (χ0n) is 19.3. The monoisotopic (exact) mass is 443 g/mol. The predicted molar refractivity (Wildman–Crippen MR) is 125 cm³/mol. The van der Waals surface area contributed by atoms with E-state index in [1.165, 1.54) is 24.8 Å². The standard InChI is InChI=1S/C25H37N3O2S/c1-15(2)18-14-19-16(3)13-20(18)22-21(19)23(29)28(24(22)30)27-11-7-8-12-31-25(27)26-17-9-5-4-6-10-17/h13,15,17-22H,4-12,14H2,1-3H3/t18-,19+,20+,21-,22+/m1/s1. The number of rotatable bonds is 3. The van der Waals surface area contributed by atoms with Crippen LogP contribution in [0.3, 0.4) is 0 Å². The number of amides is 2. The summed E-state index contributed by atoms with van der Waals surface area (Å²) in [7, 11) is 0. The van der Waals surface area contributed by atoms with Crippen LogP contribution >= 0.6 is 11.8 Å². The average Bonchev–Trinajstić information content (AvgIpc) is 2.90. The molecule has 6 rings (SSSR count). The number of fused-ring (bicyclic) bond motifs is 1. The highest BCUT2D eigenvalue weighted by atomic mass is 32.2. The summed E-state index contributed by atoms with van der Waals surface area (Å²) in [6.07, 6.45) is 11.5. The number of imide groups is 1. The number of thioether (sulfide) groups is 1. The fourth-order valence-electron chi connectivity index (χ4n) is 6.82. The van der Waals surface area contributed by atoms with Gasteiger partial charge in [-0.3, -0.25) is 19.6 Å². The smallest absolute Gasteiger partial charge is 0.252 e. The SMILES string of the molecule is CC1=C[C@@H]2[C@@H]3C(=O)N(N4CCCCSC4=NC4CCCCC4)C(=O)[C@@H]3[C@H]1C[C@@H]2C(C)C. The lowest BCUT2D eigenvalue weighted by Gasteiger charge is -2.48. The lowest BCUT2D eigenvalue weighted by molar-refractivity contribution is -0.152. The van der Waals surface area contributed by atoms with Gasteiger partial charge in [-0.15, -0.1) is 0 Å². The molecule has 2 saturated heterocycles.